The minimum absolute atomic E-state index is 0.0735. The fourth-order valence-electron chi connectivity index (χ4n) is 5.62. The van der Waals surface area contributed by atoms with Crippen molar-refractivity contribution in [1.82, 2.24) is 29.9 Å². The van der Waals surface area contributed by atoms with Gasteiger partial charge >= 0.3 is 0 Å². The van der Waals surface area contributed by atoms with Crippen LogP contribution in [0, 0.1) is 0 Å². The van der Waals surface area contributed by atoms with E-state index in [1.54, 1.807) is 39.4 Å². The van der Waals surface area contributed by atoms with Gasteiger partial charge in [-0.25, -0.2) is 29.9 Å². The van der Waals surface area contributed by atoms with Gasteiger partial charge in [-0.05, 0) is 77.6 Å². The number of ether oxygens (including phenoxy) is 4. The minimum atomic E-state index is -0.583. The number of anilines is 2. The monoisotopic (exact) mass is 1200 g/mol. The summed E-state index contributed by atoms with van der Waals surface area (Å²) in [6.45, 7) is 4.22. The third kappa shape index (κ3) is 8.52. The first-order chi connectivity index (χ1) is 30.6. The SMILES string of the molecule is CCOc1c(OCC)c(=O)c1=O.COC1=C(OC)c2nc3c(Br)sc(Br)c3nc21.Nc1cscc1N.OC1=C(O)c2nc3c(Br)sc(Br)c3nc21.OC1=C(O)c2nc3cscc3nc21. The highest BCUT2D eigenvalue weighted by Gasteiger charge is 2.34. The molecule has 0 radical (unpaired) electrons. The van der Waals surface area contributed by atoms with Gasteiger partial charge in [0.05, 0.1) is 54.0 Å². The van der Waals surface area contributed by atoms with Crippen LogP contribution in [0.25, 0.3) is 67.7 Å². The molecular weight excluding hydrogens is 1180 g/mol. The molecule has 0 bridgehead atoms. The van der Waals surface area contributed by atoms with Gasteiger partial charge in [0.25, 0.3) is 10.9 Å². The second-order valence-electron chi connectivity index (χ2n) is 12.5. The molecule has 18 nitrogen and oxygen atoms in total. The fraction of sp³-hybridized carbons (Fsp3) is 0.158. The van der Waals surface area contributed by atoms with Crippen LogP contribution in [0.5, 0.6) is 11.5 Å². The summed E-state index contributed by atoms with van der Waals surface area (Å²) in [7, 11) is 3.20. The standard InChI is InChI=1S/C10H6Br2N2O2S.C8H2Br2N2O2S.C8H4N2O2S.C8H10O4.C4H6N2S/c1-15-7-3-4(8(7)16-2)14-6-5(13-3)9(11)17-10(6)12;9-7-3-4(8(10)15-7)12-2-1(11-3)5(13)6(2)14;11-7-5-6(8(7)12)10-4-2-13-1-3(4)9-5;1-3-11-7-5(9)6(10)8(7)12-4-2;5-3-1-7-2-4(3)6/h1-2H3;13-14H;1-2,11-12H;3-4H2,1-2H3;1-2H,5-6H2. The van der Waals surface area contributed by atoms with Crippen molar-refractivity contribution in [2.45, 2.75) is 13.8 Å². The number of nitrogens with two attached hydrogens (primary N) is 2. The number of hydrogen-bond donors (Lipinski definition) is 6. The average molecular weight is 1200 g/mol. The first-order valence-electron chi connectivity index (χ1n) is 17.9. The molecular formula is C38H28Br4N8O10S4. The lowest BCUT2D eigenvalue weighted by atomic mass is 10.0. The van der Waals surface area contributed by atoms with Crippen molar-refractivity contribution in [2.24, 2.45) is 0 Å². The predicted molar refractivity (Wildman–Crippen MR) is 265 cm³/mol. The first-order valence-corrected chi connectivity index (χ1v) is 24.5. The summed E-state index contributed by atoms with van der Waals surface area (Å²) in [4.78, 5) is 47.4. The Hall–Kier alpha value is -4.96. The molecule has 0 atom stereocenters. The van der Waals surface area contributed by atoms with Crippen molar-refractivity contribution in [2.75, 3.05) is 38.9 Å². The van der Waals surface area contributed by atoms with E-state index in [2.05, 4.69) is 93.6 Å². The maximum atomic E-state index is 10.8. The molecule has 7 heterocycles. The lowest BCUT2D eigenvalue weighted by Gasteiger charge is -2.22. The molecule has 332 valence electrons. The lowest BCUT2D eigenvalue weighted by molar-refractivity contribution is 0.274. The molecule has 0 spiro atoms. The summed E-state index contributed by atoms with van der Waals surface area (Å²) in [5.41, 5.74) is 18.4. The van der Waals surface area contributed by atoms with E-state index in [1.807, 2.05) is 21.5 Å². The van der Waals surface area contributed by atoms with Crippen molar-refractivity contribution >= 4 is 188 Å². The average Bonchev–Trinajstić information content (AvgIpc) is 4.06. The quantitative estimate of drug-likeness (QED) is 0.0844. The number of thiophene rings is 4. The predicted octanol–water partition coefficient (Wildman–Crippen LogP) is 10.1. The Bertz CT molecular complexity index is 3120. The second-order valence-corrected chi connectivity index (χ2v) is 21.3. The van der Waals surface area contributed by atoms with Gasteiger partial charge in [0, 0.05) is 21.5 Å². The van der Waals surface area contributed by atoms with E-state index in [1.165, 1.54) is 34.0 Å². The Kier molecular flexibility index (Phi) is 14.1. The lowest BCUT2D eigenvalue weighted by Crippen LogP contribution is -2.34. The zero-order chi connectivity index (χ0) is 46.3. The molecule has 1 aromatic carbocycles. The Balaban J connectivity index is 0.000000122. The summed E-state index contributed by atoms with van der Waals surface area (Å²) in [6.07, 6.45) is 0. The third-order valence-corrected chi connectivity index (χ3v) is 15.2. The van der Waals surface area contributed by atoms with Gasteiger partial charge in [0.1, 0.15) is 67.3 Å². The molecule has 8 N–H and O–H groups in total. The van der Waals surface area contributed by atoms with Crippen molar-refractivity contribution in [3.8, 4) is 11.5 Å². The number of aromatic nitrogens is 6. The highest BCUT2D eigenvalue weighted by molar-refractivity contribution is 9.12. The summed E-state index contributed by atoms with van der Waals surface area (Å²) in [5, 5.41) is 44.4. The number of aliphatic hydroxyl groups excluding tert-OH is 4. The van der Waals surface area contributed by atoms with Crippen LogP contribution in [-0.4, -0.2) is 77.8 Å². The Morgan fingerprint density at radius 2 is 0.812 bits per heavy atom. The van der Waals surface area contributed by atoms with Gasteiger partial charge in [0.2, 0.25) is 11.5 Å². The van der Waals surface area contributed by atoms with Crippen molar-refractivity contribution < 1.29 is 39.4 Å². The van der Waals surface area contributed by atoms with Crippen LogP contribution in [0.2, 0.25) is 0 Å². The zero-order valence-electron chi connectivity index (χ0n) is 32.9. The molecule has 64 heavy (non-hydrogen) atoms. The van der Waals surface area contributed by atoms with Gasteiger partial charge in [-0.3, -0.25) is 9.59 Å². The number of nitrogen functional groups attached to an aromatic ring is 2. The van der Waals surface area contributed by atoms with E-state index >= 15 is 0 Å². The zero-order valence-corrected chi connectivity index (χ0v) is 42.6. The van der Waals surface area contributed by atoms with Gasteiger partial charge in [0.15, 0.2) is 34.6 Å². The topological polar surface area (TPSA) is 281 Å². The molecule has 3 aliphatic rings. The maximum Gasteiger partial charge on any atom is 0.275 e. The maximum absolute atomic E-state index is 10.8. The third-order valence-electron chi connectivity index (χ3n) is 8.72. The van der Waals surface area contributed by atoms with Gasteiger partial charge in [-0.2, -0.15) is 0 Å². The van der Waals surface area contributed by atoms with E-state index in [0.717, 1.165) is 48.6 Å². The number of fused-ring (bicyclic) bond motifs is 6. The van der Waals surface area contributed by atoms with Crippen LogP contribution in [0.3, 0.4) is 0 Å². The van der Waals surface area contributed by atoms with Crippen LogP contribution in [0.1, 0.15) is 48.0 Å². The molecule has 3 aliphatic carbocycles. The van der Waals surface area contributed by atoms with Crippen molar-refractivity contribution in [3.05, 3.63) is 91.3 Å². The Morgan fingerprint density at radius 3 is 1.09 bits per heavy atom. The van der Waals surface area contributed by atoms with E-state index in [4.69, 9.17) is 30.4 Å². The number of halogens is 4. The number of rotatable bonds is 6. The molecule has 0 saturated heterocycles. The molecule has 8 aromatic rings. The first kappa shape index (κ1) is 47.0. The number of nitrogens with zero attached hydrogens (tertiary/aromatic N) is 6. The van der Waals surface area contributed by atoms with Gasteiger partial charge in [-0.1, -0.05) is 0 Å². The fourth-order valence-corrected chi connectivity index (χ4v) is 12.5. The summed E-state index contributed by atoms with van der Waals surface area (Å²) in [6, 6.07) is 0. The van der Waals surface area contributed by atoms with Crippen LogP contribution >= 0.6 is 109 Å². The van der Waals surface area contributed by atoms with Crippen molar-refractivity contribution in [3.63, 3.8) is 0 Å². The van der Waals surface area contributed by atoms with Crippen LogP contribution in [-0.2, 0) is 9.47 Å². The summed E-state index contributed by atoms with van der Waals surface area (Å²) < 4.78 is 23.9. The second kappa shape index (κ2) is 19.3. The van der Waals surface area contributed by atoms with E-state index in [9.17, 15) is 30.0 Å². The number of methoxy groups -OCH3 is 2. The van der Waals surface area contributed by atoms with Crippen LogP contribution in [0.15, 0.2) is 46.3 Å². The summed E-state index contributed by atoms with van der Waals surface area (Å²) in [5.74, 6) is 0.777. The molecule has 0 aliphatic heterocycles. The minimum Gasteiger partial charge on any atom is -0.503 e. The smallest absolute Gasteiger partial charge is 0.275 e. The normalized spacial score (nSPS) is 12.8. The van der Waals surface area contributed by atoms with Gasteiger partial charge in [-0.15, -0.1) is 45.3 Å². The van der Waals surface area contributed by atoms with Gasteiger partial charge < -0.3 is 50.8 Å². The molecule has 0 fully saturated rings. The number of aliphatic hydroxyl groups is 4. The Labute approximate surface area is 409 Å². The molecule has 0 saturated carbocycles. The Morgan fingerprint density at radius 1 is 0.516 bits per heavy atom. The molecule has 0 amide bonds. The number of hydrogen-bond acceptors (Lipinski definition) is 22. The van der Waals surface area contributed by atoms with Crippen molar-refractivity contribution in [1.29, 1.82) is 0 Å². The molecule has 26 heteroatoms. The van der Waals surface area contributed by atoms with Crippen LogP contribution < -0.4 is 31.8 Å². The van der Waals surface area contributed by atoms with E-state index < -0.39 is 10.9 Å². The molecule has 11 rings (SSSR count). The molecule has 0 unspecified atom stereocenters. The summed E-state index contributed by atoms with van der Waals surface area (Å²) >= 11 is 19.7. The largest absolute Gasteiger partial charge is 0.503 e. The highest BCUT2D eigenvalue weighted by Crippen LogP contribution is 2.45. The van der Waals surface area contributed by atoms with Crippen LogP contribution in [0.4, 0.5) is 11.4 Å². The highest BCUT2D eigenvalue weighted by atomic mass is 79.9. The molecule has 7 aromatic heterocycles. The van der Waals surface area contributed by atoms with E-state index in [0.29, 0.717) is 69.9 Å². The van der Waals surface area contributed by atoms with E-state index in [-0.39, 0.29) is 34.5 Å².